The monoisotopic (exact) mass is 608 g/mol. The molecule has 0 rings (SSSR count). The van der Waals surface area contributed by atoms with E-state index in [9.17, 15) is 24.6 Å². The van der Waals surface area contributed by atoms with Crippen LogP contribution in [0.1, 0.15) is 106 Å². The van der Waals surface area contributed by atoms with Gasteiger partial charge in [-0.1, -0.05) is 60.5 Å². The minimum absolute atomic E-state index is 0.0651. The molecule has 9 nitrogen and oxygen atoms in total. The number of ketones is 1. The van der Waals surface area contributed by atoms with Crippen LogP contribution in [0.5, 0.6) is 0 Å². The molecule has 1 amide bonds. The molecule has 0 saturated carbocycles. The van der Waals surface area contributed by atoms with Crippen LogP contribution in [0.25, 0.3) is 0 Å². The molecule has 0 heterocycles. The van der Waals surface area contributed by atoms with Gasteiger partial charge in [-0.25, -0.2) is 0 Å². The summed E-state index contributed by atoms with van der Waals surface area (Å²) in [5, 5.41) is 27.9. The van der Waals surface area contributed by atoms with E-state index in [1.165, 1.54) is 0 Å². The lowest BCUT2D eigenvalue weighted by Gasteiger charge is -2.35. The van der Waals surface area contributed by atoms with Gasteiger partial charge in [0.25, 0.3) is 0 Å². The van der Waals surface area contributed by atoms with Crippen molar-refractivity contribution in [3.8, 4) is 0 Å². The van der Waals surface area contributed by atoms with E-state index in [-0.39, 0.29) is 47.5 Å². The number of rotatable bonds is 26. The van der Waals surface area contributed by atoms with E-state index in [1.807, 2.05) is 27.1 Å². The predicted molar refractivity (Wildman–Crippen MR) is 177 cm³/mol. The number of aliphatic imine (C=N–C) groups is 1. The van der Waals surface area contributed by atoms with E-state index in [4.69, 9.17) is 4.99 Å². The van der Waals surface area contributed by atoms with Gasteiger partial charge in [0.2, 0.25) is 5.91 Å². The number of allylic oxidation sites excluding steroid dienone is 1. The fourth-order valence-electron chi connectivity index (χ4n) is 5.44. The molecule has 0 aromatic heterocycles. The molecule has 9 heteroatoms. The van der Waals surface area contributed by atoms with Gasteiger partial charge in [-0.3, -0.25) is 14.6 Å². The first-order chi connectivity index (χ1) is 20.3. The summed E-state index contributed by atoms with van der Waals surface area (Å²) in [4.78, 5) is 42.0. The zero-order chi connectivity index (χ0) is 33.0. The summed E-state index contributed by atoms with van der Waals surface area (Å²) < 4.78 is 0. The van der Waals surface area contributed by atoms with E-state index in [0.29, 0.717) is 38.8 Å². The number of nitrogens with zero attached hydrogens (tertiary/aromatic N) is 2. The number of unbranched alkanes of at least 4 members (excludes halogenated alkanes) is 3. The van der Waals surface area contributed by atoms with Gasteiger partial charge in [-0.15, -0.1) is 0 Å². The summed E-state index contributed by atoms with van der Waals surface area (Å²) in [5.41, 5.74) is 0.699. The van der Waals surface area contributed by atoms with Crippen LogP contribution in [0, 0.1) is 23.2 Å². The molecule has 0 bridgehead atoms. The maximum absolute atomic E-state index is 13.2. The minimum Gasteiger partial charge on any atom is -0.394 e. The number of nitrogens with one attached hydrogen (secondary N) is 2. The number of hydrogen-bond donors (Lipinski definition) is 4. The zero-order valence-electron chi connectivity index (χ0n) is 28.5. The van der Waals surface area contributed by atoms with E-state index < -0.39 is 12.1 Å². The van der Waals surface area contributed by atoms with E-state index >= 15 is 0 Å². The van der Waals surface area contributed by atoms with Gasteiger partial charge in [0.1, 0.15) is 12.1 Å². The molecule has 43 heavy (non-hydrogen) atoms. The maximum atomic E-state index is 13.2. The third-order valence-electron chi connectivity index (χ3n) is 9.63. The molecule has 0 aromatic carbocycles. The van der Waals surface area contributed by atoms with Crippen LogP contribution < -0.4 is 10.6 Å². The van der Waals surface area contributed by atoms with Crippen LogP contribution >= 0.6 is 0 Å². The number of carbonyl (C=O) groups excluding carboxylic acids is 3. The second-order valence-corrected chi connectivity index (χ2v) is 12.5. The summed E-state index contributed by atoms with van der Waals surface area (Å²) in [6.07, 6.45) is 9.45. The Hall–Kier alpha value is -2.10. The lowest BCUT2D eigenvalue weighted by atomic mass is 9.71. The van der Waals surface area contributed by atoms with Crippen molar-refractivity contribution < 1.29 is 24.6 Å². The third-order valence-corrected chi connectivity index (χ3v) is 9.63. The van der Waals surface area contributed by atoms with Crippen LogP contribution in [0.2, 0.25) is 0 Å². The topological polar surface area (TPSA) is 131 Å². The second-order valence-electron chi connectivity index (χ2n) is 12.5. The number of hydrogen-bond acceptors (Lipinski definition) is 8. The SMILES string of the molecule is C=C(CC[C@H](NC)C(C)=O)NCC(CC)[C@@H](O)[C@H](C)[C@@H](CO)/N=C\C(CC(=O)N(C)CCCCCC=O)C(C)(CC)CC. The predicted octanol–water partition coefficient (Wildman–Crippen LogP) is 4.55. The Morgan fingerprint density at radius 3 is 2.30 bits per heavy atom. The minimum atomic E-state index is -0.698. The Kier molecular flexibility index (Phi) is 21.3. The highest BCUT2D eigenvalue weighted by atomic mass is 16.3. The number of aliphatic hydroxyl groups excluding tert-OH is 2. The van der Waals surface area contributed by atoms with Gasteiger partial charge in [0.15, 0.2) is 0 Å². The molecule has 2 unspecified atom stereocenters. The quantitative estimate of drug-likeness (QED) is 0.0644. The Bertz CT molecular complexity index is 845. The number of aliphatic hydroxyl groups is 2. The standard InChI is InChI=1S/C34H64N4O5/c1-10-28(22-36-25(4)17-18-30(35-8)27(6)41)33(43)26(5)31(24-40)37-23-29(34(7,11-2)12-3)21-32(42)38(9)19-15-13-14-16-20-39/h20,23,26,28-31,33,35-36,40,43H,4,10-19,21-22,24H2,1-3,5-9H3/b37-23-/t26-,28?,29?,30+,31-,33+/m1/s1. The Labute approximate surface area is 262 Å². The summed E-state index contributed by atoms with van der Waals surface area (Å²) in [6, 6.07) is -0.694. The van der Waals surface area contributed by atoms with E-state index in [2.05, 4.69) is 38.0 Å². The molecule has 0 aromatic rings. The van der Waals surface area contributed by atoms with Gasteiger partial charge < -0.3 is 30.5 Å². The van der Waals surface area contributed by atoms with E-state index in [1.54, 1.807) is 18.9 Å². The molecule has 0 radical (unpaired) electrons. The highest BCUT2D eigenvalue weighted by Gasteiger charge is 2.34. The Balaban J connectivity index is 5.44. The molecule has 0 aliphatic heterocycles. The summed E-state index contributed by atoms with van der Waals surface area (Å²) in [5.74, 6) is -0.309. The van der Waals surface area contributed by atoms with Crippen molar-refractivity contribution in [3.05, 3.63) is 12.3 Å². The van der Waals surface area contributed by atoms with Crippen molar-refractivity contribution in [3.63, 3.8) is 0 Å². The van der Waals surface area contributed by atoms with Crippen molar-refractivity contribution in [2.75, 3.05) is 33.8 Å². The van der Waals surface area contributed by atoms with E-state index in [0.717, 1.165) is 50.5 Å². The lowest BCUT2D eigenvalue weighted by molar-refractivity contribution is -0.131. The molecule has 0 saturated heterocycles. The van der Waals surface area contributed by atoms with Crippen molar-refractivity contribution in [2.45, 2.75) is 124 Å². The zero-order valence-corrected chi connectivity index (χ0v) is 28.5. The Morgan fingerprint density at radius 1 is 1.14 bits per heavy atom. The van der Waals surface area contributed by atoms with Gasteiger partial charge >= 0.3 is 0 Å². The fourth-order valence-corrected chi connectivity index (χ4v) is 5.44. The van der Waals surface area contributed by atoms with Crippen molar-refractivity contribution >= 4 is 24.2 Å². The lowest BCUT2D eigenvalue weighted by Crippen LogP contribution is -2.40. The van der Waals surface area contributed by atoms with Crippen molar-refractivity contribution in [1.29, 1.82) is 0 Å². The summed E-state index contributed by atoms with van der Waals surface area (Å²) in [6.45, 7) is 17.1. The molecule has 6 atom stereocenters. The number of carbonyl (C=O) groups is 3. The first-order valence-corrected chi connectivity index (χ1v) is 16.4. The smallest absolute Gasteiger partial charge is 0.222 e. The van der Waals surface area contributed by atoms with Crippen molar-refractivity contribution in [2.24, 2.45) is 28.2 Å². The number of aldehydes is 1. The number of likely N-dealkylation sites (N-methyl/N-ethyl adjacent to an activating group) is 1. The second kappa shape index (κ2) is 22.4. The molecule has 250 valence electrons. The first-order valence-electron chi connectivity index (χ1n) is 16.4. The molecular weight excluding hydrogens is 544 g/mol. The summed E-state index contributed by atoms with van der Waals surface area (Å²) >= 11 is 0. The van der Waals surface area contributed by atoms with Crippen LogP contribution in [0.3, 0.4) is 0 Å². The molecule has 0 aliphatic carbocycles. The Morgan fingerprint density at radius 2 is 1.79 bits per heavy atom. The highest BCUT2D eigenvalue weighted by molar-refractivity contribution is 5.81. The average molecular weight is 609 g/mol. The van der Waals surface area contributed by atoms with Gasteiger partial charge in [0.05, 0.1) is 24.8 Å². The van der Waals surface area contributed by atoms with Gasteiger partial charge in [-0.2, -0.15) is 0 Å². The maximum Gasteiger partial charge on any atom is 0.222 e. The average Bonchev–Trinajstić information content (AvgIpc) is 2.99. The van der Waals surface area contributed by atoms with Crippen molar-refractivity contribution in [1.82, 2.24) is 15.5 Å². The van der Waals surface area contributed by atoms with Crippen LogP contribution in [0.4, 0.5) is 0 Å². The van der Waals surface area contributed by atoms with Crippen LogP contribution in [-0.2, 0) is 14.4 Å². The first kappa shape index (κ1) is 40.9. The molecule has 0 fully saturated rings. The highest BCUT2D eigenvalue weighted by Crippen LogP contribution is 2.36. The van der Waals surface area contributed by atoms with Crippen LogP contribution in [-0.4, -0.2) is 91.3 Å². The third kappa shape index (κ3) is 15.0. The molecule has 0 spiro atoms. The normalized spacial score (nSPS) is 16.2. The van der Waals surface area contributed by atoms with Gasteiger partial charge in [-0.05, 0) is 51.5 Å². The molecular formula is C34H64N4O5. The summed E-state index contributed by atoms with van der Waals surface area (Å²) in [7, 11) is 3.61. The molecule has 4 N–H and O–H groups in total. The molecule has 0 aliphatic rings. The number of Topliss-reactive ketones (excluding diaryl/α,β-unsaturated/α-hetero) is 1. The largest absolute Gasteiger partial charge is 0.394 e. The number of amides is 1. The van der Waals surface area contributed by atoms with Gasteiger partial charge in [0, 0.05) is 62.6 Å². The fraction of sp³-hybridized carbons (Fsp3) is 0.824. The van der Waals surface area contributed by atoms with Crippen LogP contribution in [0.15, 0.2) is 17.3 Å².